The maximum absolute atomic E-state index is 11.9. The molecule has 3 N–H and O–H groups in total. The lowest BCUT2D eigenvalue weighted by molar-refractivity contribution is 0.0754. The van der Waals surface area contributed by atoms with Crippen LogP contribution in [0.3, 0.4) is 0 Å². The van der Waals surface area contributed by atoms with Gasteiger partial charge in [0.25, 0.3) is 5.91 Å². The van der Waals surface area contributed by atoms with Gasteiger partial charge in [0.15, 0.2) is 0 Å². The van der Waals surface area contributed by atoms with Crippen LogP contribution in [-0.4, -0.2) is 25.2 Å². The number of unbranched alkanes of at least 4 members (excludes halogenated alkanes) is 1. The van der Waals surface area contributed by atoms with Gasteiger partial charge in [-0.25, -0.2) is 0 Å². The molecule has 106 valence electrons. The third kappa shape index (κ3) is 6.59. The largest absolute Gasteiger partial charge is 0.399 e. The summed E-state index contributed by atoms with van der Waals surface area (Å²) in [7, 11) is 0. The molecular weight excluding hydrogens is 308 g/mol. The number of ether oxygens (including phenoxy) is 1. The second-order valence-electron chi connectivity index (χ2n) is 4.66. The van der Waals surface area contributed by atoms with Crippen LogP contribution in [-0.2, 0) is 4.74 Å². The highest BCUT2D eigenvalue weighted by molar-refractivity contribution is 9.10. The Morgan fingerprint density at radius 2 is 2.11 bits per heavy atom. The number of benzene rings is 1. The van der Waals surface area contributed by atoms with Crippen LogP contribution in [0.2, 0.25) is 0 Å². The van der Waals surface area contributed by atoms with Crippen LogP contribution >= 0.6 is 15.9 Å². The molecule has 1 rings (SSSR count). The van der Waals surface area contributed by atoms with Crippen LogP contribution in [0.4, 0.5) is 5.69 Å². The van der Waals surface area contributed by atoms with Gasteiger partial charge in [-0.05, 0) is 44.9 Å². The Bertz CT molecular complexity index is 402. The third-order valence-electron chi connectivity index (χ3n) is 2.49. The molecule has 1 aromatic rings. The molecule has 0 aromatic heterocycles. The lowest BCUT2D eigenvalue weighted by Gasteiger charge is -2.08. The van der Waals surface area contributed by atoms with Crippen molar-refractivity contribution < 1.29 is 9.53 Å². The number of carbonyl (C=O) groups is 1. The van der Waals surface area contributed by atoms with Crippen molar-refractivity contribution in [3.63, 3.8) is 0 Å². The molecule has 1 aromatic carbocycles. The zero-order chi connectivity index (χ0) is 14.3. The van der Waals surface area contributed by atoms with Crippen molar-refractivity contribution in [2.24, 2.45) is 0 Å². The molecule has 19 heavy (non-hydrogen) atoms. The Kier molecular flexibility index (Phi) is 6.87. The van der Waals surface area contributed by atoms with E-state index in [0.29, 0.717) is 17.8 Å². The molecule has 0 aliphatic rings. The number of nitrogens with two attached hydrogens (primary N) is 1. The van der Waals surface area contributed by atoms with Gasteiger partial charge in [0.05, 0.1) is 6.10 Å². The summed E-state index contributed by atoms with van der Waals surface area (Å²) >= 11 is 3.32. The Balaban J connectivity index is 2.27. The quantitative estimate of drug-likeness (QED) is 0.597. The molecule has 0 spiro atoms. The van der Waals surface area contributed by atoms with Crippen LogP contribution in [0.1, 0.15) is 37.0 Å². The number of halogens is 1. The van der Waals surface area contributed by atoms with Crippen molar-refractivity contribution >= 4 is 27.5 Å². The van der Waals surface area contributed by atoms with Gasteiger partial charge in [-0.15, -0.1) is 0 Å². The summed E-state index contributed by atoms with van der Waals surface area (Å²) < 4.78 is 6.24. The van der Waals surface area contributed by atoms with E-state index in [4.69, 9.17) is 10.5 Å². The van der Waals surface area contributed by atoms with E-state index in [9.17, 15) is 4.79 Å². The van der Waals surface area contributed by atoms with E-state index in [1.165, 1.54) is 0 Å². The fraction of sp³-hybridized carbons (Fsp3) is 0.500. The first-order chi connectivity index (χ1) is 8.99. The Morgan fingerprint density at radius 3 is 2.74 bits per heavy atom. The van der Waals surface area contributed by atoms with Crippen molar-refractivity contribution in [2.75, 3.05) is 18.9 Å². The van der Waals surface area contributed by atoms with Crippen LogP contribution in [0.15, 0.2) is 22.7 Å². The van der Waals surface area contributed by atoms with E-state index >= 15 is 0 Å². The minimum atomic E-state index is -0.0993. The summed E-state index contributed by atoms with van der Waals surface area (Å²) in [5, 5.41) is 2.87. The number of carbonyl (C=O) groups excluding carboxylic acids is 1. The van der Waals surface area contributed by atoms with E-state index in [0.717, 1.165) is 23.9 Å². The SMILES string of the molecule is CC(C)OCCCCNC(=O)c1cc(N)cc(Br)c1. The monoisotopic (exact) mass is 328 g/mol. The van der Waals surface area contributed by atoms with Gasteiger partial charge in [-0.2, -0.15) is 0 Å². The maximum Gasteiger partial charge on any atom is 0.251 e. The molecular formula is C14H21BrN2O2. The average molecular weight is 329 g/mol. The molecule has 0 aliphatic heterocycles. The van der Waals surface area contributed by atoms with E-state index in [2.05, 4.69) is 21.2 Å². The van der Waals surface area contributed by atoms with E-state index in [-0.39, 0.29) is 12.0 Å². The van der Waals surface area contributed by atoms with E-state index in [1.54, 1.807) is 18.2 Å². The average Bonchev–Trinajstić information content (AvgIpc) is 2.31. The van der Waals surface area contributed by atoms with Gasteiger partial charge in [-0.1, -0.05) is 15.9 Å². The normalized spacial score (nSPS) is 10.7. The summed E-state index contributed by atoms with van der Waals surface area (Å²) in [5.74, 6) is -0.0993. The minimum absolute atomic E-state index is 0.0993. The molecule has 0 unspecified atom stereocenters. The number of anilines is 1. The fourth-order valence-corrected chi connectivity index (χ4v) is 2.10. The third-order valence-corrected chi connectivity index (χ3v) is 2.95. The van der Waals surface area contributed by atoms with Crippen molar-refractivity contribution in [1.29, 1.82) is 0 Å². The molecule has 0 aliphatic carbocycles. The van der Waals surface area contributed by atoms with E-state index in [1.807, 2.05) is 13.8 Å². The molecule has 0 fully saturated rings. The summed E-state index contributed by atoms with van der Waals surface area (Å²) in [6.07, 6.45) is 2.11. The summed E-state index contributed by atoms with van der Waals surface area (Å²) in [4.78, 5) is 11.9. The van der Waals surface area contributed by atoms with Gasteiger partial charge in [0, 0.05) is 28.9 Å². The number of amides is 1. The number of nitrogen functional groups attached to an aromatic ring is 1. The first-order valence-electron chi connectivity index (χ1n) is 6.45. The highest BCUT2D eigenvalue weighted by atomic mass is 79.9. The zero-order valence-electron chi connectivity index (χ0n) is 11.4. The predicted molar refractivity (Wildman–Crippen MR) is 81.2 cm³/mol. The number of hydrogen-bond acceptors (Lipinski definition) is 3. The molecule has 5 heteroatoms. The highest BCUT2D eigenvalue weighted by Crippen LogP contribution is 2.17. The van der Waals surface area contributed by atoms with Gasteiger partial charge in [-0.3, -0.25) is 4.79 Å². The van der Waals surface area contributed by atoms with Crippen LogP contribution in [0, 0.1) is 0 Å². The predicted octanol–water partition coefficient (Wildman–Crippen LogP) is 2.97. The maximum atomic E-state index is 11.9. The molecule has 4 nitrogen and oxygen atoms in total. The van der Waals surface area contributed by atoms with Crippen molar-refractivity contribution in [3.8, 4) is 0 Å². The molecule has 0 saturated carbocycles. The lowest BCUT2D eigenvalue weighted by Crippen LogP contribution is -2.24. The van der Waals surface area contributed by atoms with Crippen molar-refractivity contribution in [3.05, 3.63) is 28.2 Å². The topological polar surface area (TPSA) is 64.3 Å². The van der Waals surface area contributed by atoms with Crippen molar-refractivity contribution in [1.82, 2.24) is 5.32 Å². The number of rotatable bonds is 7. The number of nitrogens with one attached hydrogen (secondary N) is 1. The standard InChI is InChI=1S/C14H21BrN2O2/c1-10(2)19-6-4-3-5-17-14(18)11-7-12(15)9-13(16)8-11/h7-10H,3-6,16H2,1-2H3,(H,17,18). The van der Waals surface area contributed by atoms with Crippen LogP contribution < -0.4 is 11.1 Å². The first-order valence-corrected chi connectivity index (χ1v) is 7.24. The smallest absolute Gasteiger partial charge is 0.251 e. The van der Waals surface area contributed by atoms with E-state index < -0.39 is 0 Å². The highest BCUT2D eigenvalue weighted by Gasteiger charge is 2.06. The zero-order valence-corrected chi connectivity index (χ0v) is 13.0. The summed E-state index contributed by atoms with van der Waals surface area (Å²) in [5.41, 5.74) is 6.84. The summed E-state index contributed by atoms with van der Waals surface area (Å²) in [6, 6.07) is 5.19. The van der Waals surface area contributed by atoms with Crippen LogP contribution in [0.5, 0.6) is 0 Å². The van der Waals surface area contributed by atoms with Crippen molar-refractivity contribution in [2.45, 2.75) is 32.8 Å². The fourth-order valence-electron chi connectivity index (χ4n) is 1.59. The van der Waals surface area contributed by atoms with Gasteiger partial charge in [0.2, 0.25) is 0 Å². The lowest BCUT2D eigenvalue weighted by atomic mass is 10.2. The minimum Gasteiger partial charge on any atom is -0.399 e. The second-order valence-corrected chi connectivity index (χ2v) is 5.57. The molecule has 0 radical (unpaired) electrons. The second kappa shape index (κ2) is 8.17. The number of hydrogen-bond donors (Lipinski definition) is 2. The van der Waals surface area contributed by atoms with Gasteiger partial charge >= 0.3 is 0 Å². The molecule has 1 amide bonds. The van der Waals surface area contributed by atoms with Gasteiger partial charge < -0.3 is 15.8 Å². The molecule has 0 heterocycles. The molecule has 0 atom stereocenters. The van der Waals surface area contributed by atoms with Crippen LogP contribution in [0.25, 0.3) is 0 Å². The summed E-state index contributed by atoms with van der Waals surface area (Å²) in [6.45, 7) is 5.41. The molecule has 0 bridgehead atoms. The molecule has 0 saturated heterocycles. The Hall–Kier alpha value is -1.07. The Morgan fingerprint density at radius 1 is 1.37 bits per heavy atom. The first kappa shape index (κ1) is 16.0. The van der Waals surface area contributed by atoms with Gasteiger partial charge in [0.1, 0.15) is 0 Å². The Labute approximate surface area is 122 Å².